The number of rotatable bonds is 1. The largest absolute Gasteiger partial charge is 0.507 e. The van der Waals surface area contributed by atoms with Gasteiger partial charge in [0.25, 0.3) is 0 Å². The second kappa shape index (κ2) is 3.91. The fraction of sp³-hybridized carbons (Fsp3) is 0.357. The number of aromatic hydroxyl groups is 1. The summed E-state index contributed by atoms with van der Waals surface area (Å²) in [6.45, 7) is 8.16. The van der Waals surface area contributed by atoms with Crippen molar-refractivity contribution in [1.29, 1.82) is 0 Å². The minimum atomic E-state index is -0.0836. The Morgan fingerprint density at radius 2 is 1.82 bits per heavy atom. The van der Waals surface area contributed by atoms with Gasteiger partial charge in [0, 0.05) is 5.41 Å². The summed E-state index contributed by atoms with van der Waals surface area (Å²) in [7, 11) is 0. The van der Waals surface area contributed by atoms with Crippen LogP contribution in [0.3, 0.4) is 0 Å². The summed E-state index contributed by atoms with van der Waals surface area (Å²) in [4.78, 5) is 4.38. The maximum absolute atomic E-state index is 9.77. The molecule has 0 bridgehead atoms. The van der Waals surface area contributed by atoms with Gasteiger partial charge in [0.2, 0.25) is 5.89 Å². The van der Waals surface area contributed by atoms with E-state index in [4.69, 9.17) is 4.42 Å². The van der Waals surface area contributed by atoms with Crippen LogP contribution in [0.1, 0.15) is 32.2 Å². The van der Waals surface area contributed by atoms with E-state index in [1.807, 2.05) is 13.0 Å². The normalized spacial score (nSPS) is 11.8. The molecule has 0 aliphatic heterocycles. The van der Waals surface area contributed by atoms with Crippen molar-refractivity contribution in [2.24, 2.45) is 0 Å². The molecule has 0 fully saturated rings. The van der Waals surface area contributed by atoms with Gasteiger partial charge < -0.3 is 9.52 Å². The van der Waals surface area contributed by atoms with E-state index < -0.39 is 0 Å². The molecule has 0 aliphatic carbocycles. The number of para-hydroxylation sites is 1. The van der Waals surface area contributed by atoms with Crippen molar-refractivity contribution in [2.75, 3.05) is 0 Å². The second-order valence-electron chi connectivity index (χ2n) is 5.20. The molecule has 1 aromatic carbocycles. The first-order valence-corrected chi connectivity index (χ1v) is 5.66. The first kappa shape index (κ1) is 11.7. The van der Waals surface area contributed by atoms with Crippen LogP contribution < -0.4 is 0 Å². The highest BCUT2D eigenvalue weighted by molar-refractivity contribution is 5.62. The molecule has 0 spiro atoms. The van der Waals surface area contributed by atoms with Crippen LogP contribution in [0, 0.1) is 6.92 Å². The summed E-state index contributed by atoms with van der Waals surface area (Å²) in [5.74, 6) is 1.52. The molecule has 3 heteroatoms. The highest BCUT2D eigenvalue weighted by Gasteiger charge is 2.24. The zero-order valence-corrected chi connectivity index (χ0v) is 10.6. The number of phenols is 1. The molecule has 2 aromatic rings. The molecule has 3 nitrogen and oxygen atoms in total. The lowest BCUT2D eigenvalue weighted by Gasteiger charge is -2.14. The van der Waals surface area contributed by atoms with Gasteiger partial charge in [-0.05, 0) is 19.1 Å². The summed E-state index contributed by atoms with van der Waals surface area (Å²) >= 11 is 0. The number of phenolic OH excluding ortho intramolecular Hbond substituents is 1. The molecule has 0 aliphatic rings. The van der Waals surface area contributed by atoms with Crippen molar-refractivity contribution in [3.05, 3.63) is 35.7 Å². The number of hydrogen-bond acceptors (Lipinski definition) is 3. The Balaban J connectivity index is 2.53. The first-order valence-electron chi connectivity index (χ1n) is 5.66. The van der Waals surface area contributed by atoms with Crippen LogP contribution in [-0.2, 0) is 5.41 Å². The van der Waals surface area contributed by atoms with Crippen LogP contribution in [0.2, 0.25) is 0 Å². The molecule has 0 atom stereocenters. The van der Waals surface area contributed by atoms with Crippen LogP contribution in [-0.4, -0.2) is 10.1 Å². The number of nitrogens with zero attached hydrogens (tertiary/aromatic N) is 1. The third kappa shape index (κ3) is 2.18. The zero-order valence-electron chi connectivity index (χ0n) is 10.6. The molecule has 17 heavy (non-hydrogen) atoms. The molecule has 0 unspecified atom stereocenters. The van der Waals surface area contributed by atoms with E-state index in [1.54, 1.807) is 18.2 Å². The second-order valence-corrected chi connectivity index (χ2v) is 5.20. The van der Waals surface area contributed by atoms with E-state index in [-0.39, 0.29) is 11.2 Å². The number of oxazole rings is 1. The Morgan fingerprint density at radius 3 is 2.35 bits per heavy atom. The average Bonchev–Trinajstić information content (AvgIpc) is 2.60. The van der Waals surface area contributed by atoms with Gasteiger partial charge in [-0.2, -0.15) is 0 Å². The van der Waals surface area contributed by atoms with E-state index in [0.29, 0.717) is 11.5 Å². The number of benzene rings is 1. The summed E-state index contributed by atoms with van der Waals surface area (Å²) in [5.41, 5.74) is 1.42. The van der Waals surface area contributed by atoms with Crippen LogP contribution in [0.15, 0.2) is 28.7 Å². The number of aryl methyl sites for hydroxylation is 1. The van der Waals surface area contributed by atoms with E-state index in [1.165, 1.54) is 0 Å². The zero-order chi connectivity index (χ0) is 12.6. The topological polar surface area (TPSA) is 46.3 Å². The fourth-order valence-electron chi connectivity index (χ4n) is 1.86. The van der Waals surface area contributed by atoms with Gasteiger partial charge in [-0.15, -0.1) is 0 Å². The molecule has 0 amide bonds. The Kier molecular flexibility index (Phi) is 2.69. The Bertz CT molecular complexity index is 535. The van der Waals surface area contributed by atoms with Crippen molar-refractivity contribution < 1.29 is 9.52 Å². The van der Waals surface area contributed by atoms with E-state index in [0.717, 1.165) is 11.5 Å². The third-order valence-corrected chi connectivity index (χ3v) is 2.61. The highest BCUT2D eigenvalue weighted by Crippen LogP contribution is 2.33. The molecule has 2 rings (SSSR count). The lowest BCUT2D eigenvalue weighted by Crippen LogP contribution is -2.11. The molecule has 0 saturated heterocycles. The van der Waals surface area contributed by atoms with Crippen molar-refractivity contribution in [3.63, 3.8) is 0 Å². The van der Waals surface area contributed by atoms with Gasteiger partial charge in [-0.25, -0.2) is 4.98 Å². The summed E-state index contributed by atoms with van der Waals surface area (Å²) < 4.78 is 5.77. The number of aromatic nitrogens is 1. The van der Waals surface area contributed by atoms with Crippen molar-refractivity contribution in [3.8, 4) is 17.2 Å². The van der Waals surface area contributed by atoms with Crippen molar-refractivity contribution >= 4 is 0 Å². The van der Waals surface area contributed by atoms with Crippen LogP contribution in [0.5, 0.6) is 5.75 Å². The van der Waals surface area contributed by atoms with Gasteiger partial charge in [0.1, 0.15) is 11.5 Å². The molecule has 1 aromatic heterocycles. The molecule has 0 radical (unpaired) electrons. The van der Waals surface area contributed by atoms with Crippen molar-refractivity contribution in [2.45, 2.75) is 33.1 Å². The SMILES string of the molecule is Cc1nc(-c2ccccc2O)oc1C(C)(C)C. The molecule has 90 valence electrons. The van der Waals surface area contributed by atoms with Gasteiger partial charge in [-0.3, -0.25) is 0 Å². The molecule has 0 saturated carbocycles. The number of hydrogen-bond donors (Lipinski definition) is 1. The maximum atomic E-state index is 9.77. The van der Waals surface area contributed by atoms with Crippen LogP contribution >= 0.6 is 0 Å². The smallest absolute Gasteiger partial charge is 0.230 e. The highest BCUT2D eigenvalue weighted by atomic mass is 16.4. The lowest BCUT2D eigenvalue weighted by atomic mass is 9.92. The van der Waals surface area contributed by atoms with Crippen LogP contribution in [0.25, 0.3) is 11.5 Å². The van der Waals surface area contributed by atoms with Gasteiger partial charge in [0.05, 0.1) is 11.3 Å². The lowest BCUT2D eigenvalue weighted by molar-refractivity contribution is 0.410. The van der Waals surface area contributed by atoms with Gasteiger partial charge >= 0.3 is 0 Å². The fourth-order valence-corrected chi connectivity index (χ4v) is 1.86. The molecule has 1 heterocycles. The third-order valence-electron chi connectivity index (χ3n) is 2.61. The minimum absolute atomic E-state index is 0.0836. The molecular weight excluding hydrogens is 214 g/mol. The summed E-state index contributed by atoms with van der Waals surface area (Å²) in [6, 6.07) is 7.06. The Morgan fingerprint density at radius 1 is 1.18 bits per heavy atom. The summed E-state index contributed by atoms with van der Waals surface area (Å²) in [6.07, 6.45) is 0. The minimum Gasteiger partial charge on any atom is -0.507 e. The summed E-state index contributed by atoms with van der Waals surface area (Å²) in [5, 5.41) is 9.77. The average molecular weight is 231 g/mol. The predicted molar refractivity (Wildman–Crippen MR) is 67.0 cm³/mol. The molecular formula is C14H17NO2. The van der Waals surface area contributed by atoms with E-state index in [2.05, 4.69) is 25.8 Å². The Hall–Kier alpha value is -1.77. The van der Waals surface area contributed by atoms with Crippen molar-refractivity contribution in [1.82, 2.24) is 4.98 Å². The van der Waals surface area contributed by atoms with E-state index >= 15 is 0 Å². The maximum Gasteiger partial charge on any atom is 0.230 e. The predicted octanol–water partition coefficient (Wildman–Crippen LogP) is 3.65. The van der Waals surface area contributed by atoms with Gasteiger partial charge in [0.15, 0.2) is 0 Å². The van der Waals surface area contributed by atoms with Crippen LogP contribution in [0.4, 0.5) is 0 Å². The first-order chi connectivity index (χ1) is 7.89. The Labute approximate surface area is 101 Å². The quantitative estimate of drug-likeness (QED) is 0.814. The standard InChI is InChI=1S/C14H17NO2/c1-9-12(14(2,3)4)17-13(15-9)10-7-5-6-8-11(10)16/h5-8,16H,1-4H3. The van der Waals surface area contributed by atoms with E-state index in [9.17, 15) is 5.11 Å². The molecule has 1 N–H and O–H groups in total. The monoisotopic (exact) mass is 231 g/mol. The van der Waals surface area contributed by atoms with Gasteiger partial charge in [-0.1, -0.05) is 32.9 Å².